The van der Waals surface area contributed by atoms with Crippen LogP contribution in [0.5, 0.6) is 0 Å². The summed E-state index contributed by atoms with van der Waals surface area (Å²) in [7, 11) is 0. The summed E-state index contributed by atoms with van der Waals surface area (Å²) in [6.45, 7) is 10.3. The molecule has 0 aliphatic heterocycles. The molecule has 2 heteroatoms. The molecule has 0 N–H and O–H groups in total. The highest BCUT2D eigenvalue weighted by Gasteiger charge is 1.88. The van der Waals surface area contributed by atoms with Crippen LogP contribution in [0, 0.1) is 6.92 Å². The molecule has 0 radical (unpaired) electrons. The van der Waals surface area contributed by atoms with Gasteiger partial charge >= 0.3 is 0 Å². The molecule has 5 aromatic rings. The Morgan fingerprint density at radius 2 is 1.12 bits per heavy atom. The Morgan fingerprint density at radius 1 is 0.618 bits per heavy atom. The molecule has 0 amide bonds. The van der Waals surface area contributed by atoms with E-state index in [0.29, 0.717) is 0 Å². The van der Waals surface area contributed by atoms with E-state index in [1.165, 1.54) is 27.5 Å². The standard InChI is InChI=1S/C9H7N.C8H6S.C7H8.C3H8.C2H6.3CH4/c1-2-6-9-8(4-1)5-3-7-10-9;1-2-4-8-7(3-1)5-6-9-8;1-7-5-3-2-4-6-7;1-3-2;1-2;;;/h1-7H;1-6H;2-6H,1H3;3H2,1-2H3;1-2H3;3*1H4. The fourth-order valence-corrected chi connectivity index (χ4v) is 3.25. The van der Waals surface area contributed by atoms with Crippen molar-refractivity contribution in [3.63, 3.8) is 0 Å². The number of fused-ring (bicyclic) bond motifs is 2. The number of para-hydroxylation sites is 1. The second-order valence-corrected chi connectivity index (χ2v) is 7.46. The first-order valence-corrected chi connectivity index (χ1v) is 11.9. The Labute approximate surface area is 214 Å². The molecule has 0 saturated carbocycles. The van der Waals surface area contributed by atoms with E-state index >= 15 is 0 Å². The molecule has 34 heavy (non-hydrogen) atoms. The zero-order valence-corrected chi connectivity index (χ0v) is 20.3. The van der Waals surface area contributed by atoms with E-state index in [1.54, 1.807) is 11.3 Å². The first-order chi connectivity index (χ1) is 15.2. The number of hydrogen-bond acceptors (Lipinski definition) is 2. The van der Waals surface area contributed by atoms with Crippen LogP contribution < -0.4 is 0 Å². The first-order valence-electron chi connectivity index (χ1n) is 11.0. The minimum Gasteiger partial charge on any atom is -0.256 e. The van der Waals surface area contributed by atoms with Crippen molar-refractivity contribution in [1.29, 1.82) is 0 Å². The van der Waals surface area contributed by atoms with Crippen LogP contribution in [-0.4, -0.2) is 4.98 Å². The van der Waals surface area contributed by atoms with Gasteiger partial charge in [-0.3, -0.25) is 4.98 Å². The normalized spacial score (nSPS) is 8.15. The highest BCUT2D eigenvalue weighted by Crippen LogP contribution is 2.18. The number of pyridine rings is 1. The molecule has 0 atom stereocenters. The Morgan fingerprint density at radius 3 is 1.65 bits per heavy atom. The molecule has 3 aromatic carbocycles. The zero-order valence-electron chi connectivity index (χ0n) is 19.5. The SMILES string of the molecule is C.C.C.CC.CCC.Cc1ccccc1.c1ccc2ncccc2c1.c1ccc2sccc2c1. The number of nitrogens with zero attached hydrogens (tertiary/aromatic N) is 1. The minimum atomic E-state index is 0. The lowest BCUT2D eigenvalue weighted by molar-refractivity contribution is 1.09. The molecular weight excluding hydrogens is 430 g/mol. The minimum absolute atomic E-state index is 0. The van der Waals surface area contributed by atoms with Crippen LogP contribution in [-0.2, 0) is 0 Å². The third kappa shape index (κ3) is 14.2. The maximum absolute atomic E-state index is 4.18. The lowest BCUT2D eigenvalue weighted by atomic mass is 10.2. The van der Waals surface area contributed by atoms with Crippen molar-refractivity contribution < 1.29 is 0 Å². The second kappa shape index (κ2) is 23.2. The van der Waals surface area contributed by atoms with Gasteiger partial charge in [0.25, 0.3) is 0 Å². The third-order valence-corrected chi connectivity index (χ3v) is 4.71. The Kier molecular flexibility index (Phi) is 24.3. The van der Waals surface area contributed by atoms with Gasteiger partial charge in [0.15, 0.2) is 0 Å². The Hall–Kier alpha value is -2.97. The number of aromatic nitrogens is 1. The first kappa shape index (κ1) is 35.6. The number of benzene rings is 3. The van der Waals surface area contributed by atoms with E-state index < -0.39 is 0 Å². The van der Waals surface area contributed by atoms with Gasteiger partial charge in [0, 0.05) is 16.3 Å². The summed E-state index contributed by atoms with van der Waals surface area (Å²) in [6.07, 6.45) is 3.06. The summed E-state index contributed by atoms with van der Waals surface area (Å²) in [5.41, 5.74) is 2.38. The van der Waals surface area contributed by atoms with Crippen molar-refractivity contribution in [2.24, 2.45) is 0 Å². The highest BCUT2D eigenvalue weighted by molar-refractivity contribution is 7.17. The van der Waals surface area contributed by atoms with Crippen LogP contribution in [0.2, 0.25) is 0 Å². The fraction of sp³-hybridized carbons (Fsp3) is 0.281. The van der Waals surface area contributed by atoms with E-state index in [2.05, 4.69) is 85.7 Å². The summed E-state index contributed by atoms with van der Waals surface area (Å²) < 4.78 is 1.37. The molecule has 0 aliphatic carbocycles. The van der Waals surface area contributed by atoms with Gasteiger partial charge in [-0.2, -0.15) is 0 Å². The number of aryl methyl sites for hydroxylation is 1. The molecule has 0 aliphatic rings. The van der Waals surface area contributed by atoms with Gasteiger partial charge in [-0.1, -0.05) is 135 Å². The van der Waals surface area contributed by atoms with E-state index in [0.717, 1.165) is 5.52 Å². The summed E-state index contributed by atoms with van der Waals surface area (Å²) >= 11 is 1.79. The van der Waals surface area contributed by atoms with Crippen LogP contribution in [0.25, 0.3) is 21.0 Å². The monoisotopic (exact) mass is 477 g/mol. The molecule has 5 rings (SSSR count). The van der Waals surface area contributed by atoms with Crippen LogP contribution in [0.4, 0.5) is 0 Å². The van der Waals surface area contributed by atoms with Crippen molar-refractivity contribution >= 4 is 32.3 Å². The van der Waals surface area contributed by atoms with Gasteiger partial charge in [-0.05, 0) is 42.0 Å². The van der Waals surface area contributed by atoms with Crippen molar-refractivity contribution in [2.75, 3.05) is 0 Å². The molecule has 0 saturated heterocycles. The molecule has 186 valence electrons. The van der Waals surface area contributed by atoms with Gasteiger partial charge in [0.2, 0.25) is 0 Å². The van der Waals surface area contributed by atoms with Crippen LogP contribution in [0.3, 0.4) is 0 Å². The smallest absolute Gasteiger partial charge is 0.0701 e. The molecule has 0 bridgehead atoms. The van der Waals surface area contributed by atoms with Crippen molar-refractivity contribution in [2.45, 2.75) is 63.3 Å². The number of thiophene rings is 1. The average Bonchev–Trinajstić information content (AvgIpc) is 3.31. The molecule has 2 aromatic heterocycles. The predicted octanol–water partition coefficient (Wildman–Crippen LogP) is 11.5. The molecule has 1 nitrogen and oxygen atoms in total. The summed E-state index contributed by atoms with van der Waals surface area (Å²) in [5.74, 6) is 0. The zero-order chi connectivity index (χ0) is 22.7. The Bertz CT molecular complexity index is 972. The molecule has 2 heterocycles. The quantitative estimate of drug-likeness (QED) is 0.216. The summed E-state index contributed by atoms with van der Waals surface area (Å²) in [5, 5.41) is 4.66. The Balaban J connectivity index is -0.000000376. The lowest BCUT2D eigenvalue weighted by Crippen LogP contribution is -1.73. The van der Waals surface area contributed by atoms with E-state index in [-0.39, 0.29) is 22.3 Å². The van der Waals surface area contributed by atoms with E-state index in [4.69, 9.17) is 0 Å². The highest BCUT2D eigenvalue weighted by atomic mass is 32.1. The molecule has 0 spiro atoms. The van der Waals surface area contributed by atoms with Crippen LogP contribution in [0.1, 0.15) is 62.0 Å². The second-order valence-electron chi connectivity index (χ2n) is 6.52. The molecule has 0 fully saturated rings. The van der Waals surface area contributed by atoms with E-state index in [1.807, 2.05) is 62.5 Å². The van der Waals surface area contributed by atoms with Gasteiger partial charge < -0.3 is 0 Å². The summed E-state index contributed by atoms with van der Waals surface area (Å²) in [4.78, 5) is 4.18. The van der Waals surface area contributed by atoms with E-state index in [9.17, 15) is 0 Å². The largest absolute Gasteiger partial charge is 0.256 e. The van der Waals surface area contributed by atoms with Crippen molar-refractivity contribution in [1.82, 2.24) is 4.98 Å². The summed E-state index contributed by atoms with van der Waals surface area (Å²) in [6, 6.07) is 32.9. The topological polar surface area (TPSA) is 12.9 Å². The average molecular weight is 478 g/mol. The number of rotatable bonds is 0. The van der Waals surface area contributed by atoms with Crippen LogP contribution >= 0.6 is 11.3 Å². The third-order valence-electron chi connectivity index (χ3n) is 3.81. The molecule has 0 unspecified atom stereocenters. The van der Waals surface area contributed by atoms with Gasteiger partial charge in [-0.15, -0.1) is 11.3 Å². The maximum atomic E-state index is 4.18. The fourth-order valence-electron chi connectivity index (χ4n) is 2.46. The van der Waals surface area contributed by atoms with Gasteiger partial charge in [0.05, 0.1) is 5.52 Å². The number of hydrogen-bond donors (Lipinski definition) is 0. The van der Waals surface area contributed by atoms with Crippen LogP contribution in [0.15, 0.2) is 109 Å². The van der Waals surface area contributed by atoms with Gasteiger partial charge in [-0.25, -0.2) is 0 Å². The van der Waals surface area contributed by atoms with Gasteiger partial charge in [0.1, 0.15) is 0 Å². The van der Waals surface area contributed by atoms with Crippen molar-refractivity contribution in [3.05, 3.63) is 114 Å². The van der Waals surface area contributed by atoms with Crippen molar-refractivity contribution in [3.8, 4) is 0 Å². The lowest BCUT2D eigenvalue weighted by Gasteiger charge is -1.91. The predicted molar refractivity (Wildman–Crippen MR) is 162 cm³/mol. The molecular formula is C32H47NS. The maximum Gasteiger partial charge on any atom is 0.0701 e.